The van der Waals surface area contributed by atoms with Crippen LogP contribution in [0.3, 0.4) is 0 Å². The Morgan fingerprint density at radius 1 is 1.56 bits per heavy atom. The summed E-state index contributed by atoms with van der Waals surface area (Å²) in [5.74, 6) is 0.0977. The topological polar surface area (TPSA) is 85.5 Å². The number of hydrogen-bond acceptors (Lipinski definition) is 7. The minimum absolute atomic E-state index is 0.0977. The van der Waals surface area contributed by atoms with Crippen LogP contribution in [0.2, 0.25) is 0 Å². The van der Waals surface area contributed by atoms with Crippen LogP contribution in [0.5, 0.6) is 0 Å². The van der Waals surface area contributed by atoms with E-state index >= 15 is 0 Å². The third-order valence-electron chi connectivity index (χ3n) is 2.81. The van der Waals surface area contributed by atoms with Gasteiger partial charge in [-0.3, -0.25) is 0 Å². The van der Waals surface area contributed by atoms with Crippen molar-refractivity contribution in [1.29, 1.82) is 0 Å². The molecule has 0 radical (unpaired) electrons. The number of ether oxygens (including phenoxy) is 1. The molecule has 0 saturated heterocycles. The highest BCUT2D eigenvalue weighted by atomic mass is 32.2. The maximum atomic E-state index is 11.8. The molecule has 6 nitrogen and oxygen atoms in total. The van der Waals surface area contributed by atoms with E-state index in [1.54, 1.807) is 7.11 Å². The van der Waals surface area contributed by atoms with Crippen molar-refractivity contribution in [2.45, 2.75) is 23.8 Å². The first-order chi connectivity index (χ1) is 8.45. The number of nitrogen functional groups attached to an aromatic ring is 1. The Morgan fingerprint density at radius 3 is 2.72 bits per heavy atom. The van der Waals surface area contributed by atoms with Crippen LogP contribution in [0.15, 0.2) is 4.90 Å². The average Bonchev–Trinajstić information content (AvgIpc) is 3.01. The van der Waals surface area contributed by atoms with Crippen molar-refractivity contribution in [3.05, 3.63) is 0 Å². The van der Waals surface area contributed by atoms with Gasteiger partial charge in [-0.2, -0.15) is 4.37 Å². The summed E-state index contributed by atoms with van der Waals surface area (Å²) in [6.45, 7) is 1.21. The van der Waals surface area contributed by atoms with Crippen LogP contribution in [0.4, 0.5) is 10.8 Å². The molecule has 0 amide bonds. The van der Waals surface area contributed by atoms with Crippen LogP contribution >= 0.6 is 11.5 Å². The zero-order chi connectivity index (χ0) is 13.3. The van der Waals surface area contributed by atoms with Crippen LogP contribution in [-0.4, -0.2) is 45.4 Å². The molecule has 0 aliphatic heterocycles. The molecule has 1 aliphatic carbocycles. The summed E-state index contributed by atoms with van der Waals surface area (Å²) in [6.07, 6.45) is 3.31. The number of hydrogen-bond donors (Lipinski definition) is 1. The van der Waals surface area contributed by atoms with Gasteiger partial charge in [0.25, 0.3) is 0 Å². The Bertz CT molecular complexity index is 522. The average molecular weight is 291 g/mol. The summed E-state index contributed by atoms with van der Waals surface area (Å²) in [6, 6.07) is 0.389. The van der Waals surface area contributed by atoms with E-state index in [1.165, 1.54) is 0 Å². The summed E-state index contributed by atoms with van der Waals surface area (Å²) in [5, 5.41) is 0.648. The number of rotatable bonds is 6. The monoisotopic (exact) mass is 291 g/mol. The van der Waals surface area contributed by atoms with Gasteiger partial charge in [0, 0.05) is 26.0 Å². The van der Waals surface area contributed by atoms with Crippen molar-refractivity contribution in [2.24, 2.45) is 0 Å². The van der Waals surface area contributed by atoms with Crippen molar-refractivity contribution < 1.29 is 13.2 Å². The van der Waals surface area contributed by atoms with Gasteiger partial charge in [-0.1, -0.05) is 0 Å². The van der Waals surface area contributed by atoms with Gasteiger partial charge in [0.1, 0.15) is 9.90 Å². The second kappa shape index (κ2) is 5.02. The number of nitrogens with zero attached hydrogens (tertiary/aromatic N) is 2. The lowest BCUT2D eigenvalue weighted by Crippen LogP contribution is -2.29. The van der Waals surface area contributed by atoms with Crippen LogP contribution in [-0.2, 0) is 14.6 Å². The van der Waals surface area contributed by atoms with Crippen molar-refractivity contribution in [1.82, 2.24) is 4.37 Å². The number of anilines is 2. The summed E-state index contributed by atoms with van der Waals surface area (Å²) in [5.41, 5.74) is 5.68. The fourth-order valence-electron chi connectivity index (χ4n) is 1.84. The lowest BCUT2D eigenvalue weighted by atomic mass is 10.4. The molecule has 0 atom stereocenters. The van der Waals surface area contributed by atoms with Gasteiger partial charge in [0.05, 0.1) is 6.61 Å². The first-order valence-electron chi connectivity index (χ1n) is 5.66. The van der Waals surface area contributed by atoms with Gasteiger partial charge in [0.15, 0.2) is 15.7 Å². The molecule has 102 valence electrons. The maximum absolute atomic E-state index is 11.8. The highest BCUT2D eigenvalue weighted by molar-refractivity contribution is 7.91. The van der Waals surface area contributed by atoms with Gasteiger partial charge >= 0.3 is 0 Å². The smallest absolute Gasteiger partial charge is 0.182 e. The number of aromatic nitrogens is 1. The third kappa shape index (κ3) is 2.76. The molecular formula is C10H17N3O3S2. The minimum Gasteiger partial charge on any atom is -0.383 e. The summed E-state index contributed by atoms with van der Waals surface area (Å²) < 4.78 is 32.6. The van der Waals surface area contributed by atoms with E-state index in [0.29, 0.717) is 24.2 Å². The van der Waals surface area contributed by atoms with E-state index in [0.717, 1.165) is 30.6 Å². The lowest BCUT2D eigenvalue weighted by Gasteiger charge is -2.22. The fourth-order valence-corrected chi connectivity index (χ4v) is 4.13. The molecule has 1 aliphatic rings. The Hall–Kier alpha value is -0.860. The quantitative estimate of drug-likeness (QED) is 0.832. The van der Waals surface area contributed by atoms with Gasteiger partial charge in [-0.25, -0.2) is 8.42 Å². The summed E-state index contributed by atoms with van der Waals surface area (Å²) in [4.78, 5) is 2.21. The van der Waals surface area contributed by atoms with E-state index in [1.807, 2.05) is 4.90 Å². The number of nitrogens with two attached hydrogens (primary N) is 1. The number of sulfone groups is 1. The van der Waals surface area contributed by atoms with Crippen molar-refractivity contribution in [3.63, 3.8) is 0 Å². The Labute approximate surface area is 111 Å². The van der Waals surface area contributed by atoms with Gasteiger partial charge in [0.2, 0.25) is 0 Å². The Morgan fingerprint density at radius 2 is 2.22 bits per heavy atom. The molecule has 2 N–H and O–H groups in total. The molecule has 1 saturated carbocycles. The van der Waals surface area contributed by atoms with Gasteiger partial charge in [-0.05, 0) is 24.4 Å². The van der Waals surface area contributed by atoms with E-state index in [2.05, 4.69) is 4.37 Å². The third-order valence-corrected chi connectivity index (χ3v) is 4.99. The normalized spacial score (nSPS) is 15.9. The molecule has 1 aromatic heterocycles. The largest absolute Gasteiger partial charge is 0.383 e. The summed E-state index contributed by atoms with van der Waals surface area (Å²) in [7, 11) is -1.73. The molecule has 1 heterocycles. The van der Waals surface area contributed by atoms with E-state index in [4.69, 9.17) is 10.5 Å². The molecule has 0 aromatic carbocycles. The predicted molar refractivity (Wildman–Crippen MR) is 71.9 cm³/mol. The molecule has 18 heavy (non-hydrogen) atoms. The van der Waals surface area contributed by atoms with Crippen molar-refractivity contribution in [3.8, 4) is 0 Å². The first-order valence-corrected chi connectivity index (χ1v) is 8.32. The van der Waals surface area contributed by atoms with Crippen LogP contribution in [0.25, 0.3) is 0 Å². The molecule has 8 heteroatoms. The zero-order valence-electron chi connectivity index (χ0n) is 10.4. The first kappa shape index (κ1) is 13.6. The lowest BCUT2D eigenvalue weighted by molar-refractivity contribution is 0.205. The Kier molecular flexibility index (Phi) is 3.79. The summed E-state index contributed by atoms with van der Waals surface area (Å²) >= 11 is 1.15. The molecular weight excluding hydrogens is 274 g/mol. The molecule has 0 unspecified atom stereocenters. The zero-order valence-corrected chi connectivity index (χ0v) is 12.1. The van der Waals surface area contributed by atoms with Crippen molar-refractivity contribution in [2.75, 3.05) is 37.2 Å². The standard InChI is InChI=1S/C10H17N3O3S2/c1-16-6-5-13(7-3-4-7)10-8(18(2,14)15)9(11)12-17-10/h7H,3-6H2,1-2H3,(H2,11,12). The molecule has 1 aromatic rings. The van der Waals surface area contributed by atoms with Gasteiger partial charge < -0.3 is 15.4 Å². The number of methoxy groups -OCH3 is 1. The fraction of sp³-hybridized carbons (Fsp3) is 0.700. The van der Waals surface area contributed by atoms with Crippen LogP contribution in [0.1, 0.15) is 12.8 Å². The van der Waals surface area contributed by atoms with E-state index < -0.39 is 9.84 Å². The molecule has 2 rings (SSSR count). The van der Waals surface area contributed by atoms with E-state index in [-0.39, 0.29) is 10.7 Å². The minimum atomic E-state index is -3.36. The van der Waals surface area contributed by atoms with Crippen molar-refractivity contribution >= 4 is 32.2 Å². The second-order valence-electron chi connectivity index (χ2n) is 4.39. The Balaban J connectivity index is 2.36. The van der Waals surface area contributed by atoms with Gasteiger partial charge in [-0.15, -0.1) is 0 Å². The highest BCUT2D eigenvalue weighted by Crippen LogP contribution is 2.40. The molecule has 1 fully saturated rings. The van der Waals surface area contributed by atoms with E-state index in [9.17, 15) is 8.42 Å². The maximum Gasteiger partial charge on any atom is 0.182 e. The highest BCUT2D eigenvalue weighted by Gasteiger charge is 2.34. The van der Waals surface area contributed by atoms with Crippen LogP contribution in [0, 0.1) is 0 Å². The predicted octanol–water partition coefficient (Wildman–Crippen LogP) is 0.744. The second-order valence-corrected chi connectivity index (χ2v) is 7.10. The van der Waals surface area contributed by atoms with Crippen LogP contribution < -0.4 is 10.6 Å². The SMILES string of the molecule is COCCN(c1snc(N)c1S(C)(=O)=O)C1CC1. The molecule has 0 bridgehead atoms. The molecule has 0 spiro atoms.